The molecule has 114 valence electrons. The van der Waals surface area contributed by atoms with Crippen molar-refractivity contribution in [2.45, 2.75) is 32.6 Å². The Morgan fingerprint density at radius 3 is 2.80 bits per heavy atom. The van der Waals surface area contributed by atoms with Gasteiger partial charge in [-0.2, -0.15) is 0 Å². The smallest absolute Gasteiger partial charge is 0.220 e. The van der Waals surface area contributed by atoms with Crippen LogP contribution in [-0.4, -0.2) is 19.0 Å². The number of carbonyl (C=O) groups is 1. The van der Waals surface area contributed by atoms with Crippen LogP contribution in [0.1, 0.15) is 31.7 Å². The summed E-state index contributed by atoms with van der Waals surface area (Å²) in [5.41, 5.74) is 6.31. The maximum atomic E-state index is 13.0. The predicted octanol–water partition coefficient (Wildman–Crippen LogP) is 2.67. The molecule has 1 atom stereocenters. The van der Waals surface area contributed by atoms with Gasteiger partial charge in [-0.1, -0.05) is 19.1 Å². The second-order valence-corrected chi connectivity index (χ2v) is 4.99. The first-order valence-corrected chi connectivity index (χ1v) is 6.83. The van der Waals surface area contributed by atoms with Crippen molar-refractivity contribution in [1.29, 1.82) is 0 Å². The quantitative estimate of drug-likeness (QED) is 0.725. The third-order valence-electron chi connectivity index (χ3n) is 2.96. The monoisotopic (exact) mass is 302 g/mol. The summed E-state index contributed by atoms with van der Waals surface area (Å²) in [6.07, 6.45) is 3.03. The molecule has 1 amide bonds. The fourth-order valence-electron chi connectivity index (χ4n) is 2.02. The van der Waals surface area contributed by atoms with Gasteiger partial charge < -0.3 is 11.1 Å². The normalized spacial score (nSPS) is 11.6. The average molecular weight is 303 g/mol. The van der Waals surface area contributed by atoms with Gasteiger partial charge in [-0.25, -0.2) is 4.39 Å². The summed E-state index contributed by atoms with van der Waals surface area (Å²) < 4.78 is 13.0. The van der Waals surface area contributed by atoms with E-state index in [0.717, 1.165) is 18.4 Å². The van der Waals surface area contributed by atoms with Crippen LogP contribution >= 0.6 is 12.4 Å². The van der Waals surface area contributed by atoms with E-state index < -0.39 is 0 Å². The van der Waals surface area contributed by atoms with E-state index >= 15 is 0 Å². The first kappa shape index (κ1) is 18.9. The Hall–Kier alpha value is -1.13. The molecule has 3 nitrogen and oxygen atoms in total. The van der Waals surface area contributed by atoms with E-state index in [4.69, 9.17) is 5.73 Å². The molecule has 3 N–H and O–H groups in total. The van der Waals surface area contributed by atoms with Gasteiger partial charge in [-0.15, -0.1) is 12.4 Å². The number of rotatable bonds is 8. The van der Waals surface area contributed by atoms with Crippen molar-refractivity contribution >= 4 is 18.3 Å². The van der Waals surface area contributed by atoms with Crippen molar-refractivity contribution in [2.75, 3.05) is 13.1 Å². The highest BCUT2D eigenvalue weighted by Gasteiger charge is 2.09. The van der Waals surface area contributed by atoms with Crippen molar-refractivity contribution < 1.29 is 9.18 Å². The summed E-state index contributed by atoms with van der Waals surface area (Å²) in [7, 11) is 0. The number of hydrogen-bond donors (Lipinski definition) is 2. The lowest BCUT2D eigenvalue weighted by Crippen LogP contribution is -2.26. The van der Waals surface area contributed by atoms with E-state index in [2.05, 4.69) is 5.32 Å². The molecule has 1 aromatic carbocycles. The molecule has 0 aliphatic carbocycles. The Balaban J connectivity index is 0.00000361. The molecule has 0 fully saturated rings. The molecular formula is C15H24ClFN2O. The third-order valence-corrected chi connectivity index (χ3v) is 2.96. The topological polar surface area (TPSA) is 55.1 Å². The summed E-state index contributed by atoms with van der Waals surface area (Å²) in [6, 6.07) is 6.54. The molecule has 1 unspecified atom stereocenters. The van der Waals surface area contributed by atoms with Crippen LogP contribution in [-0.2, 0) is 11.2 Å². The Bertz CT molecular complexity index is 401. The summed E-state index contributed by atoms with van der Waals surface area (Å²) in [5.74, 6) is 0.0353. The molecule has 1 aromatic rings. The number of amides is 1. The summed E-state index contributed by atoms with van der Waals surface area (Å²) >= 11 is 0. The first-order valence-electron chi connectivity index (χ1n) is 6.83. The van der Waals surface area contributed by atoms with Gasteiger partial charge in [0.15, 0.2) is 0 Å². The summed E-state index contributed by atoms with van der Waals surface area (Å²) in [6.45, 7) is 3.35. The van der Waals surface area contributed by atoms with Crippen LogP contribution in [0.3, 0.4) is 0 Å². The lowest BCUT2D eigenvalue weighted by Gasteiger charge is -2.11. The van der Waals surface area contributed by atoms with Gasteiger partial charge in [0.05, 0.1) is 0 Å². The van der Waals surface area contributed by atoms with Crippen molar-refractivity contribution in [3.8, 4) is 0 Å². The summed E-state index contributed by atoms with van der Waals surface area (Å²) in [4.78, 5) is 11.7. The van der Waals surface area contributed by atoms with E-state index in [1.165, 1.54) is 12.1 Å². The third kappa shape index (κ3) is 8.12. The van der Waals surface area contributed by atoms with Crippen molar-refractivity contribution in [3.63, 3.8) is 0 Å². The van der Waals surface area contributed by atoms with Crippen molar-refractivity contribution in [1.82, 2.24) is 5.32 Å². The zero-order chi connectivity index (χ0) is 14.1. The van der Waals surface area contributed by atoms with E-state index in [1.54, 1.807) is 6.07 Å². The Labute approximate surface area is 126 Å². The predicted molar refractivity (Wildman–Crippen MR) is 82.4 cm³/mol. The fourth-order valence-corrected chi connectivity index (χ4v) is 2.02. The van der Waals surface area contributed by atoms with E-state index in [0.29, 0.717) is 25.9 Å². The van der Waals surface area contributed by atoms with Crippen LogP contribution in [0.15, 0.2) is 24.3 Å². The molecule has 0 aliphatic heterocycles. The van der Waals surface area contributed by atoms with Gasteiger partial charge in [-0.3, -0.25) is 4.79 Å². The maximum Gasteiger partial charge on any atom is 0.220 e. The first-order chi connectivity index (χ1) is 9.11. The molecule has 5 heteroatoms. The molecule has 0 aromatic heterocycles. The van der Waals surface area contributed by atoms with Crippen molar-refractivity contribution in [2.24, 2.45) is 11.7 Å². The highest BCUT2D eigenvalue weighted by molar-refractivity contribution is 5.85. The fraction of sp³-hybridized carbons (Fsp3) is 0.533. The number of nitrogens with one attached hydrogen (secondary N) is 1. The number of hydrogen-bond acceptors (Lipinski definition) is 2. The molecule has 0 saturated carbocycles. The van der Waals surface area contributed by atoms with Crippen molar-refractivity contribution in [3.05, 3.63) is 35.6 Å². The number of carbonyl (C=O) groups excluding carboxylic acids is 1. The van der Waals surface area contributed by atoms with Crippen LogP contribution in [0, 0.1) is 11.7 Å². The lowest BCUT2D eigenvalue weighted by molar-refractivity contribution is -0.121. The second-order valence-electron chi connectivity index (χ2n) is 4.99. The van der Waals surface area contributed by atoms with Gasteiger partial charge in [0.25, 0.3) is 0 Å². The highest BCUT2D eigenvalue weighted by atomic mass is 35.5. The second kappa shape index (κ2) is 10.6. The summed E-state index contributed by atoms with van der Waals surface area (Å²) in [5, 5.41) is 2.88. The molecule has 0 bridgehead atoms. The Morgan fingerprint density at radius 1 is 1.40 bits per heavy atom. The largest absolute Gasteiger partial charge is 0.356 e. The molecule has 0 heterocycles. The van der Waals surface area contributed by atoms with Crippen LogP contribution < -0.4 is 11.1 Å². The van der Waals surface area contributed by atoms with Crippen LogP contribution in [0.2, 0.25) is 0 Å². The number of nitrogens with two attached hydrogens (primary N) is 1. The van der Waals surface area contributed by atoms with E-state index in [1.807, 2.05) is 13.0 Å². The molecule has 1 rings (SSSR count). The highest BCUT2D eigenvalue weighted by Crippen LogP contribution is 2.12. The minimum Gasteiger partial charge on any atom is -0.356 e. The maximum absolute atomic E-state index is 13.0. The molecule has 0 saturated heterocycles. The molecule has 20 heavy (non-hydrogen) atoms. The molecule has 0 spiro atoms. The standard InChI is InChI=1S/C15H23FN2O.ClH/c1-12(9-13-5-4-6-14(16)11-13)10-15(19)18-8-3-2-7-17;/h4-6,11-12H,2-3,7-10,17H2,1H3,(H,18,19);1H. The molecule has 0 aliphatic rings. The van der Waals surface area contributed by atoms with Crippen LogP contribution in [0.5, 0.6) is 0 Å². The number of halogens is 2. The van der Waals surface area contributed by atoms with Gasteiger partial charge in [0.1, 0.15) is 5.82 Å². The minimum absolute atomic E-state index is 0. The minimum atomic E-state index is -0.226. The van der Waals surface area contributed by atoms with Crippen LogP contribution in [0.4, 0.5) is 4.39 Å². The van der Waals surface area contributed by atoms with E-state index in [-0.39, 0.29) is 30.0 Å². The van der Waals surface area contributed by atoms with Gasteiger partial charge in [-0.05, 0) is 49.4 Å². The van der Waals surface area contributed by atoms with Gasteiger partial charge >= 0.3 is 0 Å². The number of unbranched alkanes of at least 4 members (excludes halogenated alkanes) is 1. The van der Waals surface area contributed by atoms with Crippen LogP contribution in [0.25, 0.3) is 0 Å². The average Bonchev–Trinajstić information content (AvgIpc) is 2.34. The van der Waals surface area contributed by atoms with E-state index in [9.17, 15) is 9.18 Å². The van der Waals surface area contributed by atoms with Gasteiger partial charge in [0, 0.05) is 13.0 Å². The Kier molecular flexibility index (Phi) is 10.0. The molecular weight excluding hydrogens is 279 g/mol. The molecule has 0 radical (unpaired) electrons. The zero-order valence-electron chi connectivity index (χ0n) is 11.9. The van der Waals surface area contributed by atoms with Gasteiger partial charge in [0.2, 0.25) is 5.91 Å². The lowest BCUT2D eigenvalue weighted by atomic mass is 9.98. The zero-order valence-corrected chi connectivity index (χ0v) is 12.7. The number of benzene rings is 1. The Morgan fingerprint density at radius 2 is 2.15 bits per heavy atom. The SMILES string of the molecule is CC(CC(=O)NCCCCN)Cc1cccc(F)c1.Cl.